The van der Waals surface area contributed by atoms with Crippen LogP contribution in [0.15, 0.2) is 12.1 Å². The van der Waals surface area contributed by atoms with Gasteiger partial charge in [-0.2, -0.15) is 0 Å². The average Bonchev–Trinajstić information content (AvgIpc) is 2.62. The van der Waals surface area contributed by atoms with Crippen molar-refractivity contribution in [3.63, 3.8) is 0 Å². The van der Waals surface area contributed by atoms with Crippen LogP contribution in [0.3, 0.4) is 0 Å². The molecule has 0 radical (unpaired) electrons. The molecular weight excluding hydrogens is 348 g/mol. The van der Waals surface area contributed by atoms with Crippen LogP contribution in [-0.4, -0.2) is 57.2 Å². The van der Waals surface area contributed by atoms with Crippen LogP contribution in [0, 0.1) is 5.41 Å². The number of carbonyl (C=O) groups excluding carboxylic acids is 2. The Labute approximate surface area is 152 Å². The molecule has 1 aromatic rings. The molecule has 2 rings (SSSR count). The third-order valence-electron chi connectivity index (χ3n) is 4.12. The molecule has 0 bridgehead atoms. The molecule has 1 aliphatic rings. The summed E-state index contributed by atoms with van der Waals surface area (Å²) in [5, 5.41) is 3.10. The molecule has 25 heavy (non-hydrogen) atoms. The quantitative estimate of drug-likeness (QED) is 0.804. The van der Waals surface area contributed by atoms with Gasteiger partial charge < -0.3 is 24.4 Å². The lowest BCUT2D eigenvalue weighted by Crippen LogP contribution is -2.51. The number of hydrogen-bond acceptors (Lipinski definition) is 5. The summed E-state index contributed by atoms with van der Waals surface area (Å²) in [7, 11) is 2.95. The molecule has 1 heterocycles. The van der Waals surface area contributed by atoms with Crippen LogP contribution in [0.1, 0.15) is 13.8 Å². The van der Waals surface area contributed by atoms with Crippen LogP contribution < -0.4 is 14.8 Å². The van der Waals surface area contributed by atoms with E-state index in [2.05, 4.69) is 5.32 Å². The second kappa shape index (κ2) is 7.93. The van der Waals surface area contributed by atoms with E-state index in [9.17, 15) is 9.59 Å². The fraction of sp³-hybridized carbons (Fsp3) is 0.529. The first-order chi connectivity index (χ1) is 11.8. The highest BCUT2D eigenvalue weighted by Crippen LogP contribution is 2.36. The van der Waals surface area contributed by atoms with Crippen LogP contribution in [0.4, 0.5) is 5.69 Å². The molecule has 0 aromatic heterocycles. The van der Waals surface area contributed by atoms with Gasteiger partial charge in [-0.1, -0.05) is 11.6 Å². The standard InChI is InChI=1S/C17H23ClN2O5/c1-17(2,16(22)20-5-7-25-8-6-20)15(21)19-12-10-13(23-3)11(18)9-14(12)24-4/h9-10H,5-8H2,1-4H3,(H,19,21). The maximum atomic E-state index is 12.8. The summed E-state index contributed by atoms with van der Waals surface area (Å²) in [6.07, 6.45) is 0. The van der Waals surface area contributed by atoms with Gasteiger partial charge in [-0.05, 0) is 13.8 Å². The minimum atomic E-state index is -1.24. The van der Waals surface area contributed by atoms with Crippen molar-refractivity contribution in [1.29, 1.82) is 0 Å². The first-order valence-electron chi connectivity index (χ1n) is 7.91. The lowest BCUT2D eigenvalue weighted by atomic mass is 9.90. The van der Waals surface area contributed by atoms with Crippen LogP contribution in [-0.2, 0) is 14.3 Å². The summed E-state index contributed by atoms with van der Waals surface area (Å²) in [5.74, 6) is 0.101. The molecule has 0 saturated carbocycles. The summed E-state index contributed by atoms with van der Waals surface area (Å²) in [6, 6.07) is 3.11. The third-order valence-corrected chi connectivity index (χ3v) is 4.42. The summed E-state index contributed by atoms with van der Waals surface area (Å²) >= 11 is 6.07. The van der Waals surface area contributed by atoms with Crippen molar-refractivity contribution in [1.82, 2.24) is 4.90 Å². The van der Waals surface area contributed by atoms with E-state index >= 15 is 0 Å². The number of morpholine rings is 1. The smallest absolute Gasteiger partial charge is 0.239 e. The largest absolute Gasteiger partial charge is 0.495 e. The highest BCUT2D eigenvalue weighted by atomic mass is 35.5. The lowest BCUT2D eigenvalue weighted by molar-refractivity contribution is -0.149. The van der Waals surface area contributed by atoms with Crippen LogP contribution in [0.5, 0.6) is 11.5 Å². The van der Waals surface area contributed by atoms with Crippen molar-refractivity contribution in [2.45, 2.75) is 13.8 Å². The number of methoxy groups -OCH3 is 2. The molecule has 7 nitrogen and oxygen atoms in total. The van der Waals surface area contributed by atoms with Gasteiger partial charge in [-0.15, -0.1) is 0 Å². The summed E-state index contributed by atoms with van der Waals surface area (Å²) in [6.45, 7) is 5.11. The lowest BCUT2D eigenvalue weighted by Gasteiger charge is -2.33. The van der Waals surface area contributed by atoms with Crippen LogP contribution >= 0.6 is 11.6 Å². The highest BCUT2D eigenvalue weighted by Gasteiger charge is 2.40. The van der Waals surface area contributed by atoms with Gasteiger partial charge in [0.25, 0.3) is 0 Å². The summed E-state index contributed by atoms with van der Waals surface area (Å²) in [5.41, 5.74) is -0.855. The van der Waals surface area contributed by atoms with Crippen molar-refractivity contribution in [3.8, 4) is 11.5 Å². The Morgan fingerprint density at radius 2 is 1.76 bits per heavy atom. The highest BCUT2D eigenvalue weighted by molar-refractivity contribution is 6.32. The van der Waals surface area contributed by atoms with Crippen LogP contribution in [0.2, 0.25) is 5.02 Å². The molecule has 1 aromatic carbocycles. The molecule has 138 valence electrons. The zero-order valence-electron chi connectivity index (χ0n) is 14.8. The van der Waals surface area contributed by atoms with Crippen molar-refractivity contribution < 1.29 is 23.8 Å². The van der Waals surface area contributed by atoms with E-state index in [-0.39, 0.29) is 5.91 Å². The zero-order valence-corrected chi connectivity index (χ0v) is 15.6. The minimum Gasteiger partial charge on any atom is -0.495 e. The SMILES string of the molecule is COc1cc(NC(=O)C(C)(C)C(=O)N2CCOCC2)c(OC)cc1Cl. The molecule has 1 N–H and O–H groups in total. The van der Waals surface area contributed by atoms with E-state index < -0.39 is 11.3 Å². The number of rotatable bonds is 5. The van der Waals surface area contributed by atoms with E-state index in [4.69, 9.17) is 25.8 Å². The fourth-order valence-corrected chi connectivity index (χ4v) is 2.73. The Hall–Kier alpha value is -1.99. The number of carbonyl (C=O) groups is 2. The van der Waals surface area contributed by atoms with Gasteiger partial charge in [-0.25, -0.2) is 0 Å². The van der Waals surface area contributed by atoms with Gasteiger partial charge in [0.2, 0.25) is 11.8 Å². The van der Waals surface area contributed by atoms with E-state index in [0.717, 1.165) is 0 Å². The Balaban J connectivity index is 2.21. The van der Waals surface area contributed by atoms with E-state index in [1.807, 2.05) is 0 Å². The second-order valence-electron chi connectivity index (χ2n) is 6.17. The molecule has 0 unspecified atom stereocenters. The molecule has 1 aliphatic heterocycles. The van der Waals surface area contributed by atoms with Crippen molar-refractivity contribution in [3.05, 3.63) is 17.2 Å². The predicted molar refractivity (Wildman–Crippen MR) is 94.4 cm³/mol. The molecule has 0 spiro atoms. The topological polar surface area (TPSA) is 77.1 Å². The predicted octanol–water partition coefficient (Wildman–Crippen LogP) is 2.18. The van der Waals surface area contributed by atoms with Gasteiger partial charge in [0.05, 0.1) is 38.1 Å². The number of benzene rings is 1. The maximum absolute atomic E-state index is 12.8. The number of nitrogens with one attached hydrogen (secondary N) is 1. The van der Waals surface area contributed by atoms with Crippen molar-refractivity contribution in [2.75, 3.05) is 45.8 Å². The monoisotopic (exact) mass is 370 g/mol. The number of hydrogen-bond donors (Lipinski definition) is 1. The number of anilines is 1. The molecule has 0 atom stereocenters. The van der Waals surface area contributed by atoms with E-state index in [0.29, 0.717) is 48.5 Å². The number of amides is 2. The van der Waals surface area contributed by atoms with Crippen LogP contribution in [0.25, 0.3) is 0 Å². The van der Waals surface area contributed by atoms with Gasteiger partial charge in [0, 0.05) is 25.2 Å². The zero-order chi connectivity index (χ0) is 18.6. The van der Waals surface area contributed by atoms with Gasteiger partial charge in [-0.3, -0.25) is 9.59 Å². The van der Waals surface area contributed by atoms with Gasteiger partial charge >= 0.3 is 0 Å². The number of nitrogens with zero attached hydrogens (tertiary/aromatic N) is 1. The molecule has 0 aliphatic carbocycles. The van der Waals surface area contributed by atoms with Gasteiger partial charge in [0.15, 0.2) is 0 Å². The Morgan fingerprint density at radius 1 is 1.16 bits per heavy atom. The fourth-order valence-electron chi connectivity index (χ4n) is 2.50. The molecular formula is C17H23ClN2O5. The van der Waals surface area contributed by atoms with Crippen molar-refractivity contribution in [2.24, 2.45) is 5.41 Å². The first-order valence-corrected chi connectivity index (χ1v) is 8.29. The Kier molecular flexibility index (Phi) is 6.13. The summed E-state index contributed by atoms with van der Waals surface area (Å²) in [4.78, 5) is 27.1. The molecule has 8 heteroatoms. The van der Waals surface area contributed by atoms with E-state index in [1.165, 1.54) is 14.2 Å². The molecule has 2 amide bonds. The van der Waals surface area contributed by atoms with Crippen molar-refractivity contribution >= 4 is 29.1 Å². The maximum Gasteiger partial charge on any atom is 0.239 e. The molecule has 1 saturated heterocycles. The number of halogens is 1. The van der Waals surface area contributed by atoms with E-state index in [1.54, 1.807) is 30.9 Å². The normalized spacial score (nSPS) is 14.8. The first kappa shape index (κ1) is 19.3. The number of ether oxygens (including phenoxy) is 3. The molecule has 1 fully saturated rings. The minimum absolute atomic E-state index is 0.242. The van der Waals surface area contributed by atoms with Gasteiger partial charge in [0.1, 0.15) is 16.9 Å². The summed E-state index contributed by atoms with van der Waals surface area (Å²) < 4.78 is 15.7. The Morgan fingerprint density at radius 3 is 2.32 bits per heavy atom. The second-order valence-corrected chi connectivity index (χ2v) is 6.58. The Bertz CT molecular complexity index is 657. The average molecular weight is 371 g/mol. The third kappa shape index (κ3) is 4.16.